The lowest BCUT2D eigenvalue weighted by molar-refractivity contribution is 0.177. The van der Waals surface area contributed by atoms with Crippen LogP contribution in [0.3, 0.4) is 0 Å². The van der Waals surface area contributed by atoms with Crippen LogP contribution in [0.25, 0.3) is 0 Å². The van der Waals surface area contributed by atoms with Crippen LogP contribution in [0.1, 0.15) is 36.1 Å². The van der Waals surface area contributed by atoms with E-state index in [4.69, 9.17) is 11.6 Å². The van der Waals surface area contributed by atoms with Gasteiger partial charge in [-0.2, -0.15) is 0 Å². The van der Waals surface area contributed by atoms with E-state index in [1.165, 1.54) is 11.6 Å². The molecule has 0 aliphatic heterocycles. The Hall–Kier alpha value is -1.38. The Bertz CT molecular complexity index is 566. The zero-order valence-corrected chi connectivity index (χ0v) is 12.2. The van der Waals surface area contributed by atoms with Gasteiger partial charge in [-0.15, -0.1) is 0 Å². The second-order valence-corrected chi connectivity index (χ2v) is 5.33. The quantitative estimate of drug-likeness (QED) is 0.846. The molecule has 1 atom stereocenters. The highest BCUT2D eigenvalue weighted by atomic mass is 35.5. The van der Waals surface area contributed by atoms with E-state index in [1.807, 2.05) is 24.3 Å². The Morgan fingerprint density at radius 3 is 2.50 bits per heavy atom. The van der Waals surface area contributed by atoms with Crippen LogP contribution < -0.4 is 0 Å². The highest BCUT2D eigenvalue weighted by molar-refractivity contribution is 6.30. The van der Waals surface area contributed by atoms with Crippen molar-refractivity contribution in [1.29, 1.82) is 0 Å². The van der Waals surface area contributed by atoms with Crippen molar-refractivity contribution in [3.05, 3.63) is 70.0 Å². The van der Waals surface area contributed by atoms with Gasteiger partial charge in [0.2, 0.25) is 0 Å². The van der Waals surface area contributed by atoms with Crippen LogP contribution in [-0.4, -0.2) is 5.11 Å². The average molecular weight is 293 g/mol. The molecular weight excluding hydrogens is 275 g/mol. The van der Waals surface area contributed by atoms with E-state index in [2.05, 4.69) is 6.92 Å². The molecule has 1 N–H and O–H groups in total. The molecule has 0 fully saturated rings. The third kappa shape index (κ3) is 3.59. The van der Waals surface area contributed by atoms with Crippen molar-refractivity contribution in [2.75, 3.05) is 0 Å². The Morgan fingerprint density at radius 2 is 1.85 bits per heavy atom. The molecule has 2 aromatic carbocycles. The summed E-state index contributed by atoms with van der Waals surface area (Å²) in [7, 11) is 0. The molecule has 0 aliphatic carbocycles. The van der Waals surface area contributed by atoms with Gasteiger partial charge in [0.15, 0.2) is 0 Å². The van der Waals surface area contributed by atoms with Gasteiger partial charge in [-0.25, -0.2) is 4.39 Å². The molecule has 1 nitrogen and oxygen atoms in total. The molecule has 0 spiro atoms. The molecule has 20 heavy (non-hydrogen) atoms. The Balaban J connectivity index is 2.11. The van der Waals surface area contributed by atoms with E-state index in [0.717, 1.165) is 18.4 Å². The van der Waals surface area contributed by atoms with Gasteiger partial charge in [0.1, 0.15) is 5.82 Å². The van der Waals surface area contributed by atoms with Crippen molar-refractivity contribution in [1.82, 2.24) is 0 Å². The van der Waals surface area contributed by atoms with Crippen LogP contribution in [0.2, 0.25) is 5.02 Å². The van der Waals surface area contributed by atoms with Crippen molar-refractivity contribution in [3.8, 4) is 0 Å². The Morgan fingerprint density at radius 1 is 1.15 bits per heavy atom. The smallest absolute Gasteiger partial charge is 0.145 e. The lowest BCUT2D eigenvalue weighted by Crippen LogP contribution is -2.04. The van der Waals surface area contributed by atoms with Crippen molar-refractivity contribution < 1.29 is 9.50 Å². The summed E-state index contributed by atoms with van der Waals surface area (Å²) in [4.78, 5) is 0. The first-order valence-corrected chi connectivity index (χ1v) is 7.19. The minimum Gasteiger partial charge on any atom is -0.388 e. The van der Waals surface area contributed by atoms with Gasteiger partial charge in [0.05, 0.1) is 11.1 Å². The predicted octanol–water partition coefficient (Wildman–Crippen LogP) is 4.71. The standard InChI is InChI=1S/C17H18ClFO/c1-2-4-12-7-9-13(10-8-12)16(20)11-14-5-3-6-15(18)17(14)19/h3,5-10,16,20H,2,4,11H2,1H3. The van der Waals surface area contributed by atoms with Gasteiger partial charge in [0.25, 0.3) is 0 Å². The number of hydrogen-bond donors (Lipinski definition) is 1. The number of aliphatic hydroxyl groups excluding tert-OH is 1. The number of aliphatic hydroxyl groups is 1. The maximum atomic E-state index is 13.8. The van der Waals surface area contributed by atoms with Crippen LogP contribution in [0, 0.1) is 5.82 Å². The monoisotopic (exact) mass is 292 g/mol. The molecule has 0 heterocycles. The van der Waals surface area contributed by atoms with Crippen LogP contribution in [0.15, 0.2) is 42.5 Å². The first-order valence-electron chi connectivity index (χ1n) is 6.81. The zero-order chi connectivity index (χ0) is 14.5. The summed E-state index contributed by atoms with van der Waals surface area (Å²) in [5.74, 6) is -0.448. The van der Waals surface area contributed by atoms with E-state index >= 15 is 0 Å². The maximum Gasteiger partial charge on any atom is 0.145 e. The Kier molecular flexibility index (Phi) is 5.16. The number of benzene rings is 2. The molecule has 0 amide bonds. The molecule has 106 valence electrons. The van der Waals surface area contributed by atoms with E-state index in [1.54, 1.807) is 12.1 Å². The second-order valence-electron chi connectivity index (χ2n) is 4.92. The fourth-order valence-corrected chi connectivity index (χ4v) is 2.42. The van der Waals surface area contributed by atoms with Crippen molar-refractivity contribution in [2.45, 2.75) is 32.3 Å². The van der Waals surface area contributed by atoms with Gasteiger partial charge in [-0.3, -0.25) is 0 Å². The zero-order valence-electron chi connectivity index (χ0n) is 11.4. The van der Waals surface area contributed by atoms with Crippen LogP contribution in [0.4, 0.5) is 4.39 Å². The van der Waals surface area contributed by atoms with E-state index in [0.29, 0.717) is 5.56 Å². The summed E-state index contributed by atoms with van der Waals surface area (Å²) in [6.07, 6.45) is 1.62. The fourth-order valence-electron chi connectivity index (χ4n) is 2.23. The normalized spacial score (nSPS) is 12.4. The highest BCUT2D eigenvalue weighted by Crippen LogP contribution is 2.24. The number of halogens is 2. The molecule has 0 aromatic heterocycles. The van der Waals surface area contributed by atoms with Gasteiger partial charge in [0, 0.05) is 6.42 Å². The topological polar surface area (TPSA) is 20.2 Å². The van der Waals surface area contributed by atoms with Crippen molar-refractivity contribution in [2.24, 2.45) is 0 Å². The average Bonchev–Trinajstić information content (AvgIpc) is 2.45. The van der Waals surface area contributed by atoms with Gasteiger partial charge < -0.3 is 5.11 Å². The lowest BCUT2D eigenvalue weighted by atomic mass is 9.99. The van der Waals surface area contributed by atoms with Gasteiger partial charge in [-0.05, 0) is 29.2 Å². The lowest BCUT2D eigenvalue weighted by Gasteiger charge is -2.13. The van der Waals surface area contributed by atoms with Crippen molar-refractivity contribution >= 4 is 11.6 Å². The number of rotatable bonds is 5. The number of aryl methyl sites for hydroxylation is 1. The molecule has 1 unspecified atom stereocenters. The third-order valence-corrected chi connectivity index (χ3v) is 3.64. The minimum absolute atomic E-state index is 0.0907. The summed E-state index contributed by atoms with van der Waals surface area (Å²) in [6.45, 7) is 2.13. The number of hydrogen-bond acceptors (Lipinski definition) is 1. The van der Waals surface area contributed by atoms with E-state index in [-0.39, 0.29) is 11.4 Å². The largest absolute Gasteiger partial charge is 0.388 e. The summed E-state index contributed by atoms with van der Waals surface area (Å²) in [5.41, 5.74) is 2.48. The first-order chi connectivity index (χ1) is 9.61. The van der Waals surface area contributed by atoms with Crippen LogP contribution >= 0.6 is 11.6 Å². The molecule has 2 rings (SSSR count). The fraction of sp³-hybridized carbons (Fsp3) is 0.294. The molecule has 3 heteroatoms. The molecule has 0 saturated heterocycles. The molecule has 0 radical (unpaired) electrons. The van der Waals surface area contributed by atoms with Crippen molar-refractivity contribution in [3.63, 3.8) is 0 Å². The summed E-state index contributed by atoms with van der Waals surface area (Å²) >= 11 is 5.74. The van der Waals surface area contributed by atoms with E-state index in [9.17, 15) is 9.50 Å². The minimum atomic E-state index is -0.723. The van der Waals surface area contributed by atoms with Gasteiger partial charge >= 0.3 is 0 Å². The maximum absolute atomic E-state index is 13.8. The predicted molar refractivity (Wildman–Crippen MR) is 80.5 cm³/mol. The van der Waals surface area contributed by atoms with Crippen LogP contribution in [-0.2, 0) is 12.8 Å². The highest BCUT2D eigenvalue weighted by Gasteiger charge is 2.13. The van der Waals surface area contributed by atoms with E-state index < -0.39 is 11.9 Å². The van der Waals surface area contributed by atoms with Crippen LogP contribution in [0.5, 0.6) is 0 Å². The molecular formula is C17H18ClFO. The summed E-state index contributed by atoms with van der Waals surface area (Å²) in [6, 6.07) is 12.7. The third-order valence-electron chi connectivity index (χ3n) is 3.35. The SMILES string of the molecule is CCCc1ccc(C(O)Cc2cccc(Cl)c2F)cc1. The van der Waals surface area contributed by atoms with Gasteiger partial charge in [-0.1, -0.05) is 61.3 Å². The second kappa shape index (κ2) is 6.87. The molecule has 0 aliphatic rings. The summed E-state index contributed by atoms with van der Waals surface area (Å²) in [5, 5.41) is 10.3. The Labute approximate surface area is 124 Å². The molecule has 0 saturated carbocycles. The molecule has 2 aromatic rings. The molecule has 0 bridgehead atoms. The first kappa shape index (κ1) is 15.0. The summed E-state index contributed by atoms with van der Waals surface area (Å²) < 4.78 is 13.8.